The Balaban J connectivity index is 0.00000225. The van der Waals surface area contributed by atoms with Gasteiger partial charge in [0.05, 0.1) is 0 Å². The van der Waals surface area contributed by atoms with Crippen LogP contribution in [0.3, 0.4) is 0 Å². The van der Waals surface area contributed by atoms with Crippen LogP contribution in [-0.4, -0.2) is 37.1 Å². The van der Waals surface area contributed by atoms with E-state index in [0.717, 1.165) is 31.4 Å². The second kappa shape index (κ2) is 9.39. The minimum absolute atomic E-state index is 0. The molecule has 1 saturated carbocycles. The van der Waals surface area contributed by atoms with Crippen molar-refractivity contribution in [3.8, 4) is 0 Å². The number of guanidine groups is 1. The van der Waals surface area contributed by atoms with E-state index in [9.17, 15) is 0 Å². The van der Waals surface area contributed by atoms with Crippen LogP contribution in [0.25, 0.3) is 0 Å². The normalized spacial score (nSPS) is 23.6. The number of halogens is 1. The van der Waals surface area contributed by atoms with Crippen LogP contribution in [0.4, 0.5) is 0 Å². The van der Waals surface area contributed by atoms with Crippen molar-refractivity contribution in [2.24, 2.45) is 10.9 Å². The van der Waals surface area contributed by atoms with Crippen LogP contribution in [0, 0.1) is 5.92 Å². The fourth-order valence-corrected chi connectivity index (χ4v) is 1.84. The fraction of sp³-hybridized carbons (Fsp3) is 0.909. The molecule has 0 bridgehead atoms. The predicted octanol–water partition coefficient (Wildman–Crippen LogP) is 2.32. The molecule has 0 aromatic carbocycles. The summed E-state index contributed by atoms with van der Waals surface area (Å²) >= 11 is 1.88. The Morgan fingerprint density at radius 2 is 2.19 bits per heavy atom. The second-order valence-corrected chi connectivity index (χ2v) is 5.06. The van der Waals surface area contributed by atoms with Gasteiger partial charge in [0.15, 0.2) is 5.96 Å². The predicted molar refractivity (Wildman–Crippen MR) is 85.1 cm³/mol. The third-order valence-corrected chi connectivity index (χ3v) is 3.25. The first-order chi connectivity index (χ1) is 7.27. The van der Waals surface area contributed by atoms with E-state index in [1.165, 1.54) is 12.2 Å². The molecule has 0 aromatic rings. The molecule has 2 N–H and O–H groups in total. The Hall–Kier alpha value is 0.350. The monoisotopic (exact) mass is 357 g/mol. The number of nitrogens with zero attached hydrogens (tertiary/aromatic N) is 1. The van der Waals surface area contributed by atoms with Crippen molar-refractivity contribution < 1.29 is 0 Å². The van der Waals surface area contributed by atoms with Gasteiger partial charge >= 0.3 is 0 Å². The summed E-state index contributed by atoms with van der Waals surface area (Å²) in [6.07, 6.45) is 4.59. The highest BCUT2D eigenvalue weighted by molar-refractivity contribution is 14.0. The molecule has 1 rings (SSSR count). The Labute approximate surface area is 121 Å². The Bertz CT molecular complexity index is 211. The average Bonchev–Trinajstić information content (AvgIpc) is 2.89. The standard InChI is InChI=1S/C11H23N3S.HI/c1-4-12-11(13-6-5-7-15-3)14-10-8-9(10)2;/h9-10H,4-8H2,1-3H3,(H2,12,13,14);1H. The van der Waals surface area contributed by atoms with Gasteiger partial charge in [-0.05, 0) is 37.7 Å². The van der Waals surface area contributed by atoms with Gasteiger partial charge in [-0.3, -0.25) is 4.99 Å². The summed E-state index contributed by atoms with van der Waals surface area (Å²) in [4.78, 5) is 4.55. The first kappa shape index (κ1) is 16.4. The zero-order valence-corrected chi connectivity index (χ0v) is 13.6. The molecule has 3 nitrogen and oxygen atoms in total. The van der Waals surface area contributed by atoms with E-state index in [4.69, 9.17) is 0 Å². The zero-order chi connectivity index (χ0) is 11.1. The maximum absolute atomic E-state index is 4.55. The van der Waals surface area contributed by atoms with Crippen molar-refractivity contribution in [1.82, 2.24) is 10.6 Å². The largest absolute Gasteiger partial charge is 0.357 e. The van der Waals surface area contributed by atoms with E-state index in [-0.39, 0.29) is 24.0 Å². The van der Waals surface area contributed by atoms with Crippen LogP contribution in [0.1, 0.15) is 26.7 Å². The SMILES string of the molecule is CCNC(=NCCCSC)NC1CC1C.I. The van der Waals surface area contributed by atoms with Gasteiger partial charge in [0.2, 0.25) is 0 Å². The number of rotatable bonds is 6. The van der Waals surface area contributed by atoms with Crippen molar-refractivity contribution in [3.05, 3.63) is 0 Å². The molecule has 5 heteroatoms. The van der Waals surface area contributed by atoms with Gasteiger partial charge < -0.3 is 10.6 Å². The van der Waals surface area contributed by atoms with Crippen LogP contribution in [0.15, 0.2) is 4.99 Å². The molecule has 0 radical (unpaired) electrons. The highest BCUT2D eigenvalue weighted by atomic mass is 127. The average molecular weight is 357 g/mol. The van der Waals surface area contributed by atoms with Gasteiger partial charge in [-0.15, -0.1) is 24.0 Å². The van der Waals surface area contributed by atoms with Crippen LogP contribution in [0.2, 0.25) is 0 Å². The molecule has 96 valence electrons. The Morgan fingerprint density at radius 3 is 2.69 bits per heavy atom. The Kier molecular flexibility index (Phi) is 9.59. The molecule has 0 aromatic heterocycles. The number of hydrogen-bond donors (Lipinski definition) is 2. The molecule has 0 heterocycles. The first-order valence-electron chi connectivity index (χ1n) is 5.81. The van der Waals surface area contributed by atoms with Gasteiger partial charge in [-0.25, -0.2) is 0 Å². The fourth-order valence-electron chi connectivity index (χ4n) is 1.42. The lowest BCUT2D eigenvalue weighted by Gasteiger charge is -2.10. The lowest BCUT2D eigenvalue weighted by atomic mass is 10.5. The summed E-state index contributed by atoms with van der Waals surface area (Å²) in [6.45, 7) is 6.25. The van der Waals surface area contributed by atoms with E-state index in [2.05, 4.69) is 35.7 Å². The minimum atomic E-state index is 0. The maximum atomic E-state index is 4.55. The van der Waals surface area contributed by atoms with Gasteiger partial charge in [-0.2, -0.15) is 11.8 Å². The lowest BCUT2D eigenvalue weighted by molar-refractivity contribution is 0.764. The van der Waals surface area contributed by atoms with Gasteiger partial charge in [0, 0.05) is 19.1 Å². The molecular formula is C11H24IN3S. The Morgan fingerprint density at radius 1 is 1.50 bits per heavy atom. The molecule has 1 aliphatic rings. The highest BCUT2D eigenvalue weighted by Crippen LogP contribution is 2.28. The molecule has 0 saturated heterocycles. The quantitative estimate of drug-likeness (QED) is 0.332. The summed E-state index contributed by atoms with van der Waals surface area (Å²) in [7, 11) is 0. The number of thioether (sulfide) groups is 1. The lowest BCUT2D eigenvalue weighted by Crippen LogP contribution is -2.39. The molecule has 2 atom stereocenters. The van der Waals surface area contributed by atoms with Crippen LogP contribution >= 0.6 is 35.7 Å². The molecule has 16 heavy (non-hydrogen) atoms. The molecular weight excluding hydrogens is 333 g/mol. The zero-order valence-electron chi connectivity index (χ0n) is 10.5. The third-order valence-electron chi connectivity index (χ3n) is 2.55. The van der Waals surface area contributed by atoms with E-state index >= 15 is 0 Å². The van der Waals surface area contributed by atoms with Crippen molar-refractivity contribution >= 4 is 41.7 Å². The van der Waals surface area contributed by atoms with Gasteiger partial charge in [-0.1, -0.05) is 6.92 Å². The molecule has 0 spiro atoms. The minimum Gasteiger partial charge on any atom is -0.357 e. The topological polar surface area (TPSA) is 36.4 Å². The second-order valence-electron chi connectivity index (χ2n) is 4.07. The molecule has 1 aliphatic carbocycles. The van der Waals surface area contributed by atoms with Crippen LogP contribution in [0.5, 0.6) is 0 Å². The summed E-state index contributed by atoms with van der Waals surface area (Å²) in [5.74, 6) is 3.01. The summed E-state index contributed by atoms with van der Waals surface area (Å²) < 4.78 is 0. The highest BCUT2D eigenvalue weighted by Gasteiger charge is 2.33. The van der Waals surface area contributed by atoms with Crippen LogP contribution < -0.4 is 10.6 Å². The maximum Gasteiger partial charge on any atom is 0.191 e. The van der Waals surface area contributed by atoms with Crippen molar-refractivity contribution in [1.29, 1.82) is 0 Å². The van der Waals surface area contributed by atoms with Gasteiger partial charge in [0.25, 0.3) is 0 Å². The van der Waals surface area contributed by atoms with E-state index < -0.39 is 0 Å². The first-order valence-corrected chi connectivity index (χ1v) is 7.21. The van der Waals surface area contributed by atoms with Gasteiger partial charge in [0.1, 0.15) is 0 Å². The molecule has 2 unspecified atom stereocenters. The van der Waals surface area contributed by atoms with Crippen molar-refractivity contribution in [3.63, 3.8) is 0 Å². The summed E-state index contributed by atoms with van der Waals surface area (Å²) in [5, 5.41) is 6.73. The molecule has 0 aliphatic heterocycles. The third kappa shape index (κ3) is 6.83. The number of aliphatic imine (C=N–C) groups is 1. The summed E-state index contributed by atoms with van der Waals surface area (Å²) in [5.41, 5.74) is 0. The van der Waals surface area contributed by atoms with E-state index in [0.29, 0.717) is 6.04 Å². The van der Waals surface area contributed by atoms with E-state index in [1.807, 2.05) is 11.8 Å². The van der Waals surface area contributed by atoms with Crippen molar-refractivity contribution in [2.45, 2.75) is 32.7 Å². The smallest absolute Gasteiger partial charge is 0.191 e. The molecule has 0 amide bonds. The number of nitrogens with one attached hydrogen (secondary N) is 2. The van der Waals surface area contributed by atoms with E-state index in [1.54, 1.807) is 0 Å². The summed E-state index contributed by atoms with van der Waals surface area (Å²) in [6, 6.07) is 0.656. The number of hydrogen-bond acceptors (Lipinski definition) is 2. The molecule has 1 fully saturated rings. The van der Waals surface area contributed by atoms with Crippen LogP contribution in [-0.2, 0) is 0 Å². The van der Waals surface area contributed by atoms with Crippen molar-refractivity contribution in [2.75, 3.05) is 25.1 Å².